The van der Waals surface area contributed by atoms with E-state index < -0.39 is 0 Å². The molecule has 106 valence electrons. The minimum absolute atomic E-state index is 0. The second kappa shape index (κ2) is 85.6. The molecule has 0 saturated carbocycles. The van der Waals surface area contributed by atoms with Gasteiger partial charge in [-0.05, 0) is 0 Å². The van der Waals surface area contributed by atoms with E-state index in [1.807, 2.05) is 0 Å². The largest absolute Gasteiger partial charge is 3.00 e. The molecule has 0 spiro atoms. The molecular formula is C14H36OTi2. The first-order chi connectivity index (χ1) is 5.46. The van der Waals surface area contributed by atoms with Crippen LogP contribution in [0.15, 0.2) is 0 Å². The molecule has 0 aromatic heterocycles. The average Bonchev–Trinajstić information content (AvgIpc) is 1.93. The topological polar surface area (TPSA) is 31.5 Å². The Balaban J connectivity index is -0.00000000680. The van der Waals surface area contributed by atoms with E-state index in [-0.39, 0.29) is 63.8 Å². The molecule has 0 bridgehead atoms. The standard InChI is InChI=1S/2C4H9.2C2H5.2CH3.H2O.2Ti/c2*1-4(2)3;2*1-2;;;;;/h2*1-3H3;2*1H2,2H3;2*1H3;1H2;;/q6*-1;;2*+3. The van der Waals surface area contributed by atoms with Gasteiger partial charge >= 0.3 is 43.4 Å². The molecule has 0 aliphatic heterocycles. The van der Waals surface area contributed by atoms with Crippen molar-refractivity contribution >= 4 is 0 Å². The monoisotopic (exact) mass is 316 g/mol. The quantitative estimate of drug-likeness (QED) is 0.445. The molecule has 0 aliphatic rings. The molecule has 1 nitrogen and oxygen atoms in total. The van der Waals surface area contributed by atoms with Gasteiger partial charge in [0.05, 0.1) is 0 Å². The van der Waals surface area contributed by atoms with E-state index in [1.165, 1.54) is 11.8 Å². The Morgan fingerprint density at radius 2 is 0.529 bits per heavy atom. The second-order valence-electron chi connectivity index (χ2n) is 3.00. The molecule has 0 atom stereocenters. The predicted molar refractivity (Wildman–Crippen MR) is 79.0 cm³/mol. The average molecular weight is 316 g/mol. The van der Waals surface area contributed by atoms with Crippen molar-refractivity contribution in [2.24, 2.45) is 0 Å². The summed E-state index contributed by atoms with van der Waals surface area (Å²) in [6.07, 6.45) is 0. The fourth-order valence-corrected chi connectivity index (χ4v) is 0. The summed E-state index contributed by atoms with van der Waals surface area (Å²) in [6.45, 7) is 22.5. The van der Waals surface area contributed by atoms with Crippen LogP contribution in [0.2, 0.25) is 0 Å². The molecular weight excluding hydrogens is 280 g/mol. The van der Waals surface area contributed by atoms with Crippen LogP contribution in [0, 0.1) is 40.5 Å². The summed E-state index contributed by atoms with van der Waals surface area (Å²) >= 11 is 0. The molecule has 0 unspecified atom stereocenters. The smallest absolute Gasteiger partial charge is 0.412 e. The van der Waals surface area contributed by atoms with Gasteiger partial charge in [0.1, 0.15) is 0 Å². The Kier molecular flexibility index (Phi) is 317. The minimum atomic E-state index is 0. The molecule has 0 aromatic rings. The third kappa shape index (κ3) is 2140. The Bertz CT molecular complexity index is 29.7. The van der Waals surface area contributed by atoms with Crippen LogP contribution in [0.1, 0.15) is 55.4 Å². The van der Waals surface area contributed by atoms with Crippen molar-refractivity contribution in [2.75, 3.05) is 0 Å². The Hall–Kier alpha value is 1.39. The summed E-state index contributed by atoms with van der Waals surface area (Å²) in [4.78, 5) is 0. The van der Waals surface area contributed by atoms with Gasteiger partial charge in [0.2, 0.25) is 0 Å². The van der Waals surface area contributed by atoms with Crippen LogP contribution in [0.25, 0.3) is 0 Å². The molecule has 2 N–H and O–H groups in total. The zero-order chi connectivity index (χ0) is 11.2. The first-order valence-electron chi connectivity index (χ1n) is 4.41. The summed E-state index contributed by atoms with van der Waals surface area (Å²) in [5.41, 5.74) is 0. The zero-order valence-corrected chi connectivity index (χ0v) is 17.0. The molecule has 0 amide bonds. The normalized spacial score (nSPS) is 4.94. The van der Waals surface area contributed by atoms with Crippen molar-refractivity contribution in [3.05, 3.63) is 40.5 Å². The van der Waals surface area contributed by atoms with Gasteiger partial charge < -0.3 is 46.0 Å². The summed E-state index contributed by atoms with van der Waals surface area (Å²) in [7, 11) is 0. The number of hydrogen-bond donors (Lipinski definition) is 0. The van der Waals surface area contributed by atoms with Gasteiger partial charge in [-0.25, -0.2) is 0 Å². The van der Waals surface area contributed by atoms with Gasteiger partial charge in [0.15, 0.2) is 0 Å². The van der Waals surface area contributed by atoms with Crippen LogP contribution in [-0.2, 0) is 43.4 Å². The van der Waals surface area contributed by atoms with Crippen molar-refractivity contribution < 1.29 is 48.9 Å². The summed E-state index contributed by atoms with van der Waals surface area (Å²) in [6, 6.07) is 0. The number of hydrogen-bond acceptors (Lipinski definition) is 0. The SMILES string of the molecule is C[C-](C)C.C[C-](C)C.O.[CH2-]C.[CH2-]C.[CH3-].[CH3-].[Ti+3].[Ti+3]. The van der Waals surface area contributed by atoms with Crippen molar-refractivity contribution in [2.45, 2.75) is 55.4 Å². The van der Waals surface area contributed by atoms with Crippen molar-refractivity contribution in [3.8, 4) is 0 Å². The van der Waals surface area contributed by atoms with Crippen molar-refractivity contribution in [1.82, 2.24) is 0 Å². The van der Waals surface area contributed by atoms with E-state index in [0.29, 0.717) is 0 Å². The Labute approximate surface area is 144 Å². The maximum absolute atomic E-state index is 3.25. The molecule has 0 rings (SSSR count). The summed E-state index contributed by atoms with van der Waals surface area (Å²) in [5.74, 6) is 2.83. The van der Waals surface area contributed by atoms with E-state index in [9.17, 15) is 0 Å². The van der Waals surface area contributed by atoms with Gasteiger partial charge in [-0.2, -0.15) is 55.4 Å². The zero-order valence-electron chi connectivity index (χ0n) is 13.9. The molecule has 0 heterocycles. The Morgan fingerprint density at radius 1 is 0.529 bits per heavy atom. The molecule has 2 radical (unpaired) electrons. The van der Waals surface area contributed by atoms with E-state index in [1.54, 1.807) is 13.8 Å². The summed E-state index contributed by atoms with van der Waals surface area (Å²) in [5, 5.41) is 0. The van der Waals surface area contributed by atoms with E-state index >= 15 is 0 Å². The molecule has 0 aromatic carbocycles. The summed E-state index contributed by atoms with van der Waals surface area (Å²) < 4.78 is 0. The molecule has 17 heavy (non-hydrogen) atoms. The fraction of sp³-hybridized carbons (Fsp3) is 0.571. The van der Waals surface area contributed by atoms with Crippen LogP contribution in [-0.4, -0.2) is 5.48 Å². The van der Waals surface area contributed by atoms with Crippen molar-refractivity contribution in [3.63, 3.8) is 0 Å². The molecule has 0 saturated heterocycles. The number of rotatable bonds is 0. The Morgan fingerprint density at radius 3 is 0.529 bits per heavy atom. The third-order valence-corrected chi connectivity index (χ3v) is 0. The first kappa shape index (κ1) is 63.1. The minimum Gasteiger partial charge on any atom is -0.412 e. The van der Waals surface area contributed by atoms with Crippen LogP contribution >= 0.6 is 0 Å². The van der Waals surface area contributed by atoms with E-state index in [4.69, 9.17) is 0 Å². The second-order valence-corrected chi connectivity index (χ2v) is 3.00. The van der Waals surface area contributed by atoms with Crippen LogP contribution < -0.4 is 0 Å². The van der Waals surface area contributed by atoms with E-state index in [2.05, 4.69) is 55.4 Å². The van der Waals surface area contributed by atoms with Gasteiger partial charge in [0, 0.05) is 0 Å². The maximum atomic E-state index is 3.25. The molecule has 0 fully saturated rings. The van der Waals surface area contributed by atoms with Gasteiger partial charge in [-0.1, -0.05) is 0 Å². The van der Waals surface area contributed by atoms with Gasteiger partial charge in [0.25, 0.3) is 0 Å². The van der Waals surface area contributed by atoms with Gasteiger partial charge in [-0.15, -0.1) is 0 Å². The fourth-order valence-electron chi connectivity index (χ4n) is 0. The molecule has 0 aliphatic carbocycles. The van der Waals surface area contributed by atoms with Crippen LogP contribution in [0.3, 0.4) is 0 Å². The van der Waals surface area contributed by atoms with Gasteiger partial charge in [-0.3, -0.25) is 0 Å². The van der Waals surface area contributed by atoms with Crippen LogP contribution in [0.5, 0.6) is 0 Å². The van der Waals surface area contributed by atoms with Crippen LogP contribution in [0.4, 0.5) is 0 Å². The predicted octanol–water partition coefficient (Wildman–Crippen LogP) is 4.99. The maximum Gasteiger partial charge on any atom is 3.00 e. The molecule has 3 heteroatoms. The first-order valence-corrected chi connectivity index (χ1v) is 4.41. The third-order valence-electron chi connectivity index (χ3n) is 0. The van der Waals surface area contributed by atoms with E-state index in [0.717, 1.165) is 0 Å². The van der Waals surface area contributed by atoms with Crippen molar-refractivity contribution in [1.29, 1.82) is 0 Å².